The fourth-order valence-electron chi connectivity index (χ4n) is 4.44. The number of benzene rings is 2. The Labute approximate surface area is 233 Å². The molecule has 0 radical (unpaired) electrons. The lowest BCUT2D eigenvalue weighted by Gasteiger charge is -2.21. The summed E-state index contributed by atoms with van der Waals surface area (Å²) < 4.78 is 61.3. The summed E-state index contributed by atoms with van der Waals surface area (Å²) in [6.07, 6.45) is 0.356. The van der Waals surface area contributed by atoms with E-state index < -0.39 is 21.7 Å². The third kappa shape index (κ3) is 7.05. The molecular formula is C27H37BrO9S. The van der Waals surface area contributed by atoms with Crippen molar-refractivity contribution in [2.75, 3.05) is 45.6 Å². The first kappa shape index (κ1) is 30.3. The molecule has 212 valence electrons. The molecule has 1 aliphatic rings. The maximum Gasteiger partial charge on any atom is 0.203 e. The number of hydrogen-bond acceptors (Lipinski definition) is 9. The van der Waals surface area contributed by atoms with Gasteiger partial charge in [0.1, 0.15) is 4.90 Å². The first-order valence-electron chi connectivity index (χ1n) is 12.5. The maximum atomic E-state index is 13.3. The summed E-state index contributed by atoms with van der Waals surface area (Å²) in [5, 5.41) is 10.4. The van der Waals surface area contributed by atoms with Crippen LogP contribution in [0.5, 0.6) is 28.7 Å². The van der Waals surface area contributed by atoms with E-state index in [2.05, 4.69) is 15.9 Å². The Morgan fingerprint density at radius 1 is 0.921 bits per heavy atom. The van der Waals surface area contributed by atoms with Gasteiger partial charge in [-0.05, 0) is 61.6 Å². The zero-order valence-corrected chi connectivity index (χ0v) is 24.9. The molecule has 9 nitrogen and oxygen atoms in total. The number of aliphatic hydroxyl groups excluding tert-OH is 1. The molecule has 11 heteroatoms. The highest BCUT2D eigenvalue weighted by Gasteiger charge is 2.33. The van der Waals surface area contributed by atoms with Gasteiger partial charge in [-0.1, -0.05) is 22.9 Å². The summed E-state index contributed by atoms with van der Waals surface area (Å²) in [7, 11) is 0.791. The van der Waals surface area contributed by atoms with Gasteiger partial charge in [-0.25, -0.2) is 8.42 Å². The maximum absolute atomic E-state index is 13.3. The predicted molar refractivity (Wildman–Crippen MR) is 147 cm³/mol. The number of ether oxygens (including phenoxy) is 6. The topological polar surface area (TPSA) is 110 Å². The van der Waals surface area contributed by atoms with Gasteiger partial charge in [0.05, 0.1) is 58.6 Å². The van der Waals surface area contributed by atoms with Gasteiger partial charge < -0.3 is 33.5 Å². The molecule has 1 heterocycles. The van der Waals surface area contributed by atoms with Crippen molar-refractivity contribution in [2.45, 2.75) is 56.3 Å². The van der Waals surface area contributed by atoms with E-state index >= 15 is 0 Å². The van der Waals surface area contributed by atoms with Crippen LogP contribution in [0.1, 0.15) is 56.4 Å². The number of rotatable bonds is 14. The zero-order chi connectivity index (χ0) is 27.9. The van der Waals surface area contributed by atoms with E-state index in [0.29, 0.717) is 66.4 Å². The van der Waals surface area contributed by atoms with Crippen LogP contribution < -0.4 is 23.7 Å². The molecule has 2 aromatic carbocycles. The molecule has 0 spiro atoms. The SMILES string of the molecule is CCCOc1c(OCCBr)cc([C@H]2CC[C@H](c3cc(OC)c(OC)c(OC)c3)O2)cc1S(=O)(=O)CC(C)O. The van der Waals surface area contributed by atoms with Gasteiger partial charge in [0, 0.05) is 5.33 Å². The van der Waals surface area contributed by atoms with Crippen molar-refractivity contribution in [1.29, 1.82) is 0 Å². The van der Waals surface area contributed by atoms with E-state index in [1.165, 1.54) is 6.92 Å². The molecule has 0 aliphatic carbocycles. The van der Waals surface area contributed by atoms with Crippen molar-refractivity contribution in [1.82, 2.24) is 0 Å². The summed E-state index contributed by atoms with van der Waals surface area (Å²) in [4.78, 5) is -0.00578. The van der Waals surface area contributed by atoms with Crippen LogP contribution in [-0.4, -0.2) is 65.3 Å². The van der Waals surface area contributed by atoms with Crippen LogP contribution in [-0.2, 0) is 14.6 Å². The average Bonchev–Trinajstić information content (AvgIpc) is 3.39. The normalized spacial score (nSPS) is 18.2. The largest absolute Gasteiger partial charge is 0.493 e. The third-order valence-corrected chi connectivity index (χ3v) is 8.29. The number of sulfone groups is 1. The molecule has 1 unspecified atom stereocenters. The molecule has 2 aromatic rings. The second-order valence-electron chi connectivity index (χ2n) is 9.01. The lowest BCUT2D eigenvalue weighted by molar-refractivity contribution is 0.0435. The lowest BCUT2D eigenvalue weighted by Crippen LogP contribution is -2.19. The minimum Gasteiger partial charge on any atom is -0.493 e. The fraction of sp³-hybridized carbons (Fsp3) is 0.556. The van der Waals surface area contributed by atoms with Gasteiger partial charge >= 0.3 is 0 Å². The van der Waals surface area contributed by atoms with Crippen LogP contribution in [0.4, 0.5) is 0 Å². The summed E-state index contributed by atoms with van der Waals surface area (Å²) >= 11 is 3.36. The first-order valence-corrected chi connectivity index (χ1v) is 15.3. The summed E-state index contributed by atoms with van der Waals surface area (Å²) in [6.45, 7) is 4.02. The fourth-order valence-corrected chi connectivity index (χ4v) is 6.17. The molecule has 38 heavy (non-hydrogen) atoms. The first-order chi connectivity index (χ1) is 18.2. The second-order valence-corrected chi connectivity index (χ2v) is 11.8. The van der Waals surface area contributed by atoms with Crippen LogP contribution in [0, 0.1) is 0 Å². The van der Waals surface area contributed by atoms with E-state index in [0.717, 1.165) is 5.56 Å². The number of methoxy groups -OCH3 is 3. The van der Waals surface area contributed by atoms with E-state index in [9.17, 15) is 13.5 Å². The molecule has 1 saturated heterocycles. The second kappa shape index (κ2) is 13.7. The molecule has 3 rings (SSSR count). The van der Waals surface area contributed by atoms with Crippen LogP contribution in [0.25, 0.3) is 0 Å². The summed E-state index contributed by atoms with van der Waals surface area (Å²) in [6, 6.07) is 7.10. The molecule has 0 aromatic heterocycles. The Morgan fingerprint density at radius 3 is 2.00 bits per heavy atom. The molecule has 0 amide bonds. The van der Waals surface area contributed by atoms with Crippen molar-refractivity contribution in [2.24, 2.45) is 0 Å². The molecule has 1 fully saturated rings. The van der Waals surface area contributed by atoms with Gasteiger partial charge in [0.25, 0.3) is 0 Å². The number of alkyl halides is 1. The molecular weight excluding hydrogens is 580 g/mol. The highest BCUT2D eigenvalue weighted by molar-refractivity contribution is 9.09. The van der Waals surface area contributed by atoms with Crippen molar-refractivity contribution >= 4 is 25.8 Å². The molecule has 0 bridgehead atoms. The van der Waals surface area contributed by atoms with Gasteiger partial charge in [0.15, 0.2) is 32.8 Å². The number of aliphatic hydroxyl groups is 1. The van der Waals surface area contributed by atoms with Gasteiger partial charge in [-0.2, -0.15) is 0 Å². The smallest absolute Gasteiger partial charge is 0.203 e. The molecule has 3 atom stereocenters. The Balaban J connectivity index is 2.03. The minimum absolute atomic E-state index is 0.00578. The highest BCUT2D eigenvalue weighted by atomic mass is 79.9. The quantitative estimate of drug-likeness (QED) is 0.292. The van der Waals surface area contributed by atoms with Crippen molar-refractivity contribution in [3.63, 3.8) is 0 Å². The Kier molecular flexibility index (Phi) is 11.0. The summed E-state index contributed by atoms with van der Waals surface area (Å²) in [5.41, 5.74) is 1.53. The Morgan fingerprint density at radius 2 is 1.50 bits per heavy atom. The van der Waals surface area contributed by atoms with E-state index in [4.69, 9.17) is 28.4 Å². The van der Waals surface area contributed by atoms with Crippen molar-refractivity contribution in [3.05, 3.63) is 35.4 Å². The van der Waals surface area contributed by atoms with E-state index in [-0.39, 0.29) is 22.9 Å². The van der Waals surface area contributed by atoms with Crippen LogP contribution in [0.3, 0.4) is 0 Å². The summed E-state index contributed by atoms with van der Waals surface area (Å²) in [5.74, 6) is 1.62. The van der Waals surface area contributed by atoms with Crippen molar-refractivity contribution < 1.29 is 41.9 Å². The number of halogens is 1. The highest BCUT2D eigenvalue weighted by Crippen LogP contribution is 2.48. The van der Waals surface area contributed by atoms with Gasteiger partial charge in [-0.15, -0.1) is 0 Å². The van der Waals surface area contributed by atoms with Gasteiger partial charge in [-0.3, -0.25) is 0 Å². The van der Waals surface area contributed by atoms with Gasteiger partial charge in [0.2, 0.25) is 5.75 Å². The zero-order valence-electron chi connectivity index (χ0n) is 22.5. The molecule has 1 aliphatic heterocycles. The van der Waals surface area contributed by atoms with E-state index in [1.54, 1.807) is 33.5 Å². The number of hydrogen-bond donors (Lipinski definition) is 1. The minimum atomic E-state index is -3.88. The lowest BCUT2D eigenvalue weighted by atomic mass is 10.0. The predicted octanol–water partition coefficient (Wildman–Crippen LogP) is 5.02. The third-order valence-electron chi connectivity index (χ3n) is 6.07. The molecule has 1 N–H and O–H groups in total. The Bertz CT molecular complexity index is 1160. The standard InChI is InChI=1S/C27H37BrO9S/c1-6-10-36-27-24(35-11-9-28)14-19(15-25(27)38(30,31)16-17(2)29)21-8-7-20(37-21)18-12-22(32-3)26(34-5)23(13-18)33-4/h12-15,17,20-21,29H,6-11,16H2,1-5H3/t17?,20-,21-/m1/s1. The Hall–Kier alpha value is -2.21. The monoisotopic (exact) mass is 616 g/mol. The molecule has 0 saturated carbocycles. The van der Waals surface area contributed by atoms with Crippen LogP contribution in [0.2, 0.25) is 0 Å². The van der Waals surface area contributed by atoms with E-state index in [1.807, 2.05) is 19.1 Å². The van der Waals surface area contributed by atoms with Crippen LogP contribution >= 0.6 is 15.9 Å². The van der Waals surface area contributed by atoms with Crippen LogP contribution in [0.15, 0.2) is 29.2 Å². The van der Waals surface area contributed by atoms with Crippen molar-refractivity contribution in [3.8, 4) is 28.7 Å². The average molecular weight is 618 g/mol.